The van der Waals surface area contributed by atoms with E-state index in [9.17, 15) is 22.4 Å². The Morgan fingerprint density at radius 2 is 1.89 bits per heavy atom. The number of imidazole rings is 1. The van der Waals surface area contributed by atoms with Crippen LogP contribution in [0.15, 0.2) is 61.2 Å². The van der Waals surface area contributed by atoms with E-state index in [1.54, 1.807) is 12.3 Å². The van der Waals surface area contributed by atoms with Gasteiger partial charge in [-0.2, -0.15) is 13.2 Å². The summed E-state index contributed by atoms with van der Waals surface area (Å²) in [5.74, 6) is -1.01. The van der Waals surface area contributed by atoms with Crippen molar-refractivity contribution in [1.82, 2.24) is 9.55 Å². The summed E-state index contributed by atoms with van der Waals surface area (Å²) in [7, 11) is 0. The summed E-state index contributed by atoms with van der Waals surface area (Å²) in [6.07, 6.45) is 0.183. The highest BCUT2D eigenvalue weighted by molar-refractivity contribution is 6.04. The van der Waals surface area contributed by atoms with Crippen LogP contribution in [0.25, 0.3) is 5.69 Å². The number of anilines is 1. The molecular weight excluding hydrogens is 378 g/mol. The number of rotatable bonds is 6. The lowest BCUT2D eigenvalue weighted by Crippen LogP contribution is -2.16. The van der Waals surface area contributed by atoms with Crippen LogP contribution < -0.4 is 5.32 Å². The second-order valence-corrected chi connectivity index (χ2v) is 5.90. The van der Waals surface area contributed by atoms with Crippen molar-refractivity contribution < 1.29 is 27.1 Å². The number of halogens is 4. The first-order chi connectivity index (χ1) is 13.3. The van der Waals surface area contributed by atoms with Gasteiger partial charge < -0.3 is 14.6 Å². The molecule has 28 heavy (non-hydrogen) atoms. The SMILES string of the molecule is O=C(Nc1ccc(-n2ccnc2)c(F)c1)c1ccc(COCC(F)(F)F)cc1. The van der Waals surface area contributed by atoms with Gasteiger partial charge in [-0.15, -0.1) is 0 Å². The van der Waals surface area contributed by atoms with E-state index in [0.717, 1.165) is 0 Å². The average molecular weight is 393 g/mol. The van der Waals surface area contributed by atoms with Gasteiger partial charge in [-0.1, -0.05) is 12.1 Å². The minimum absolute atomic E-state index is 0.220. The van der Waals surface area contributed by atoms with Gasteiger partial charge in [-0.3, -0.25) is 4.79 Å². The van der Waals surface area contributed by atoms with Crippen molar-refractivity contribution in [3.05, 3.63) is 78.1 Å². The third-order valence-electron chi connectivity index (χ3n) is 3.74. The molecule has 0 fully saturated rings. The number of carbonyl (C=O) groups excluding carboxylic acids is 1. The molecule has 146 valence electrons. The predicted octanol–water partition coefficient (Wildman–Crippen LogP) is 4.34. The van der Waals surface area contributed by atoms with Gasteiger partial charge in [0.15, 0.2) is 0 Å². The van der Waals surface area contributed by atoms with E-state index in [1.807, 2.05) is 0 Å². The van der Waals surface area contributed by atoms with Gasteiger partial charge in [0.2, 0.25) is 0 Å². The normalized spacial score (nSPS) is 11.4. The molecule has 0 saturated carbocycles. The molecule has 3 aromatic rings. The van der Waals surface area contributed by atoms with Crippen molar-refractivity contribution in [1.29, 1.82) is 0 Å². The minimum Gasteiger partial charge on any atom is -0.367 e. The standard InChI is InChI=1S/C19H15F4N3O2/c20-16-9-15(5-6-17(16)26-8-7-24-12-26)25-18(27)14-3-1-13(2-4-14)10-28-11-19(21,22)23/h1-9,12H,10-11H2,(H,25,27). The van der Waals surface area contributed by atoms with Crippen molar-refractivity contribution >= 4 is 11.6 Å². The van der Waals surface area contributed by atoms with Gasteiger partial charge in [-0.05, 0) is 35.9 Å². The van der Waals surface area contributed by atoms with Crippen LogP contribution >= 0.6 is 0 Å². The summed E-state index contributed by atoms with van der Waals surface area (Å²) in [5.41, 5.74) is 1.33. The first-order valence-electron chi connectivity index (χ1n) is 8.14. The van der Waals surface area contributed by atoms with Crippen LogP contribution in [0, 0.1) is 5.82 Å². The first-order valence-corrected chi connectivity index (χ1v) is 8.14. The molecule has 0 aliphatic rings. The highest BCUT2D eigenvalue weighted by Crippen LogP contribution is 2.19. The molecule has 0 unspecified atom stereocenters. The van der Waals surface area contributed by atoms with Crippen LogP contribution in [0.5, 0.6) is 0 Å². The number of nitrogens with zero attached hydrogens (tertiary/aromatic N) is 2. The molecule has 0 spiro atoms. The van der Waals surface area contributed by atoms with Gasteiger partial charge in [0.25, 0.3) is 5.91 Å². The van der Waals surface area contributed by atoms with Crippen molar-refractivity contribution in [2.45, 2.75) is 12.8 Å². The molecule has 0 saturated heterocycles. The zero-order chi connectivity index (χ0) is 20.1. The molecule has 9 heteroatoms. The highest BCUT2D eigenvalue weighted by atomic mass is 19.4. The fraction of sp³-hybridized carbons (Fsp3) is 0.158. The van der Waals surface area contributed by atoms with Gasteiger partial charge in [0.1, 0.15) is 12.4 Å². The van der Waals surface area contributed by atoms with Crippen LogP contribution in [0.2, 0.25) is 0 Å². The zero-order valence-corrected chi connectivity index (χ0v) is 14.4. The minimum atomic E-state index is -4.39. The fourth-order valence-corrected chi connectivity index (χ4v) is 2.44. The van der Waals surface area contributed by atoms with Crippen LogP contribution in [0.1, 0.15) is 15.9 Å². The number of benzene rings is 2. The lowest BCUT2D eigenvalue weighted by atomic mass is 10.1. The smallest absolute Gasteiger partial charge is 0.367 e. The molecule has 0 aliphatic carbocycles. The Balaban J connectivity index is 1.61. The Morgan fingerprint density at radius 3 is 2.50 bits per heavy atom. The largest absolute Gasteiger partial charge is 0.411 e. The number of aromatic nitrogens is 2. The van der Waals surface area contributed by atoms with E-state index in [-0.39, 0.29) is 17.9 Å². The number of amides is 1. The van der Waals surface area contributed by atoms with Gasteiger partial charge in [0.05, 0.1) is 18.6 Å². The first kappa shape index (κ1) is 19.6. The molecular formula is C19H15F4N3O2. The molecule has 0 bridgehead atoms. The number of carbonyl (C=O) groups is 1. The summed E-state index contributed by atoms with van der Waals surface area (Å²) in [4.78, 5) is 16.1. The fourth-order valence-electron chi connectivity index (χ4n) is 2.44. The lowest BCUT2D eigenvalue weighted by molar-refractivity contribution is -0.176. The monoisotopic (exact) mass is 393 g/mol. The number of hydrogen-bond acceptors (Lipinski definition) is 3. The Hall–Kier alpha value is -3.20. The quantitative estimate of drug-likeness (QED) is 0.634. The second-order valence-electron chi connectivity index (χ2n) is 5.90. The zero-order valence-electron chi connectivity index (χ0n) is 14.4. The van der Waals surface area contributed by atoms with Gasteiger partial charge in [-0.25, -0.2) is 9.37 Å². The summed E-state index contributed by atoms with van der Waals surface area (Å²) in [5, 5.41) is 2.57. The van der Waals surface area contributed by atoms with Crippen molar-refractivity contribution in [3.63, 3.8) is 0 Å². The molecule has 1 amide bonds. The number of nitrogens with one attached hydrogen (secondary N) is 1. The second kappa shape index (κ2) is 8.22. The summed E-state index contributed by atoms with van der Waals surface area (Å²) in [6.45, 7) is -1.56. The van der Waals surface area contributed by atoms with Crippen LogP contribution in [0.3, 0.4) is 0 Å². The molecule has 3 rings (SSSR count). The maximum Gasteiger partial charge on any atom is 0.411 e. The van der Waals surface area contributed by atoms with Crippen molar-refractivity contribution in [3.8, 4) is 5.69 Å². The summed E-state index contributed by atoms with van der Waals surface area (Å²) in [6, 6.07) is 10.1. The van der Waals surface area contributed by atoms with E-state index < -0.39 is 24.5 Å². The summed E-state index contributed by atoms with van der Waals surface area (Å²) < 4.78 is 56.5. The Bertz CT molecular complexity index is 939. The molecule has 1 N–H and O–H groups in total. The number of alkyl halides is 3. The third kappa shape index (κ3) is 5.17. The van der Waals surface area contributed by atoms with E-state index in [0.29, 0.717) is 11.3 Å². The van der Waals surface area contributed by atoms with Crippen LogP contribution in [-0.2, 0) is 11.3 Å². The summed E-state index contributed by atoms with van der Waals surface area (Å²) >= 11 is 0. The predicted molar refractivity (Wildman–Crippen MR) is 93.6 cm³/mol. The maximum absolute atomic E-state index is 14.2. The number of hydrogen-bond donors (Lipinski definition) is 1. The van der Waals surface area contributed by atoms with Crippen LogP contribution in [-0.4, -0.2) is 28.2 Å². The molecule has 0 radical (unpaired) electrons. The third-order valence-corrected chi connectivity index (χ3v) is 3.74. The molecule has 2 aromatic carbocycles. The van der Waals surface area contributed by atoms with Gasteiger partial charge in [0, 0.05) is 23.6 Å². The Labute approximate surface area is 157 Å². The maximum atomic E-state index is 14.2. The number of ether oxygens (including phenoxy) is 1. The van der Waals surface area contributed by atoms with Gasteiger partial charge >= 0.3 is 6.18 Å². The molecule has 5 nitrogen and oxygen atoms in total. The lowest BCUT2D eigenvalue weighted by Gasteiger charge is -2.10. The van der Waals surface area contributed by atoms with Crippen LogP contribution in [0.4, 0.5) is 23.2 Å². The van der Waals surface area contributed by atoms with E-state index >= 15 is 0 Å². The Morgan fingerprint density at radius 1 is 1.14 bits per heavy atom. The molecule has 1 heterocycles. The molecule has 1 aromatic heterocycles. The van der Waals surface area contributed by atoms with E-state index in [2.05, 4.69) is 15.0 Å². The van der Waals surface area contributed by atoms with E-state index in [4.69, 9.17) is 0 Å². The Kier molecular flexibility index (Phi) is 5.74. The molecule has 0 atom stereocenters. The highest BCUT2D eigenvalue weighted by Gasteiger charge is 2.27. The van der Waals surface area contributed by atoms with Crippen molar-refractivity contribution in [2.24, 2.45) is 0 Å². The topological polar surface area (TPSA) is 56.2 Å². The van der Waals surface area contributed by atoms with Crippen molar-refractivity contribution in [2.75, 3.05) is 11.9 Å². The molecule has 0 aliphatic heterocycles. The van der Waals surface area contributed by atoms with E-state index in [1.165, 1.54) is 53.5 Å². The average Bonchev–Trinajstić information content (AvgIpc) is 3.15.